The van der Waals surface area contributed by atoms with Crippen LogP contribution in [0.4, 0.5) is 14.5 Å². The fraction of sp³-hybridized carbons (Fsp3) is 0.211. The third-order valence-electron chi connectivity index (χ3n) is 4.72. The van der Waals surface area contributed by atoms with E-state index in [1.807, 2.05) is 0 Å². The first kappa shape index (κ1) is 21.8. The number of rotatable bonds is 5. The molecule has 7 nitrogen and oxygen atoms in total. The highest BCUT2D eigenvalue weighted by Gasteiger charge is 2.39. The van der Waals surface area contributed by atoms with E-state index in [-0.39, 0.29) is 27.2 Å². The number of anilines is 1. The van der Waals surface area contributed by atoms with Crippen molar-refractivity contribution in [1.82, 2.24) is 14.5 Å². The Morgan fingerprint density at radius 2 is 1.94 bits per heavy atom. The minimum Gasteiger partial charge on any atom is -0.320 e. The molecule has 1 N–H and O–H groups in total. The van der Waals surface area contributed by atoms with Crippen molar-refractivity contribution in [2.45, 2.75) is 23.8 Å². The van der Waals surface area contributed by atoms with Crippen LogP contribution in [0.1, 0.15) is 33.7 Å². The zero-order valence-corrected chi connectivity index (χ0v) is 18.1. The van der Waals surface area contributed by atoms with Crippen LogP contribution in [0.3, 0.4) is 0 Å². The molecule has 1 amide bonds. The van der Waals surface area contributed by atoms with Crippen LogP contribution < -0.4 is 5.32 Å². The predicted octanol–water partition coefficient (Wildman–Crippen LogP) is 4.25. The topological polar surface area (TPSA) is 92.3 Å². The Labute approximate surface area is 185 Å². The number of benzene rings is 2. The number of nitrogens with zero attached hydrogens (tertiary/aromatic N) is 3. The molecule has 1 aromatic heterocycles. The second-order valence-corrected chi connectivity index (χ2v) is 10.0. The third kappa shape index (κ3) is 4.31. The van der Waals surface area contributed by atoms with E-state index in [0.717, 1.165) is 23.5 Å². The molecule has 2 aromatic carbocycles. The number of halogens is 3. The summed E-state index contributed by atoms with van der Waals surface area (Å²) in [6.45, 7) is 0.286. The summed E-state index contributed by atoms with van der Waals surface area (Å²) < 4.78 is 54.0. The Morgan fingerprint density at radius 1 is 1.16 bits per heavy atom. The Hall–Kier alpha value is -2.47. The van der Waals surface area contributed by atoms with Gasteiger partial charge in [-0.15, -0.1) is 10.2 Å². The van der Waals surface area contributed by atoms with Crippen LogP contribution in [0.2, 0.25) is 5.02 Å². The van der Waals surface area contributed by atoms with Crippen LogP contribution in [0, 0.1) is 11.6 Å². The summed E-state index contributed by atoms with van der Waals surface area (Å²) in [6.07, 6.45) is 1.13. The quantitative estimate of drug-likeness (QED) is 0.584. The van der Waals surface area contributed by atoms with Crippen molar-refractivity contribution in [2.75, 3.05) is 11.9 Å². The average Bonchev–Trinajstić information content (AvgIpc) is 3.40. The number of carbonyl (C=O) groups is 1. The lowest BCUT2D eigenvalue weighted by Crippen LogP contribution is -2.30. The second kappa shape index (κ2) is 8.58. The molecule has 4 rings (SSSR count). The molecule has 31 heavy (non-hydrogen) atoms. The standard InChI is InChI=1S/C19H15ClF2N4O3S2/c20-12-4-1-2-6-16(12)31(28,29)26-9-3-5-15(26)18-24-25-19(30-18)17(27)23-11-7-8-13(21)14(22)10-11/h1-2,4,6-8,10,15H,3,5,9H2,(H,23,27). The molecule has 12 heteroatoms. The van der Waals surface area contributed by atoms with Crippen LogP contribution >= 0.6 is 22.9 Å². The van der Waals surface area contributed by atoms with Crippen molar-refractivity contribution in [3.05, 3.63) is 69.1 Å². The Balaban J connectivity index is 1.56. The van der Waals surface area contributed by atoms with Gasteiger partial charge in [-0.3, -0.25) is 4.79 Å². The number of aromatic nitrogens is 2. The zero-order chi connectivity index (χ0) is 22.2. The SMILES string of the molecule is O=C(Nc1ccc(F)c(F)c1)c1nnc(C2CCCN2S(=O)(=O)c2ccccc2Cl)s1. The molecule has 1 saturated heterocycles. The minimum atomic E-state index is -3.87. The zero-order valence-electron chi connectivity index (χ0n) is 15.8. The van der Waals surface area contributed by atoms with Gasteiger partial charge in [-0.2, -0.15) is 4.31 Å². The molecule has 0 spiro atoms. The van der Waals surface area contributed by atoms with Crippen molar-refractivity contribution in [3.63, 3.8) is 0 Å². The fourth-order valence-electron chi connectivity index (χ4n) is 3.27. The van der Waals surface area contributed by atoms with Crippen molar-refractivity contribution < 1.29 is 22.0 Å². The highest BCUT2D eigenvalue weighted by atomic mass is 35.5. The summed E-state index contributed by atoms with van der Waals surface area (Å²) in [7, 11) is -3.87. The van der Waals surface area contributed by atoms with Gasteiger partial charge in [0.2, 0.25) is 15.0 Å². The van der Waals surface area contributed by atoms with E-state index in [2.05, 4.69) is 15.5 Å². The van der Waals surface area contributed by atoms with Gasteiger partial charge in [-0.1, -0.05) is 35.1 Å². The summed E-state index contributed by atoms with van der Waals surface area (Å²) in [5.74, 6) is -2.78. The summed E-state index contributed by atoms with van der Waals surface area (Å²) in [6, 6.07) is 8.56. The lowest BCUT2D eigenvalue weighted by Gasteiger charge is -2.22. The summed E-state index contributed by atoms with van der Waals surface area (Å²) in [5, 5.41) is 10.7. The van der Waals surface area contributed by atoms with Crippen LogP contribution in [0.5, 0.6) is 0 Å². The Bertz CT molecular complexity index is 1250. The maximum atomic E-state index is 13.3. The van der Waals surface area contributed by atoms with Crippen molar-refractivity contribution >= 4 is 44.6 Å². The van der Waals surface area contributed by atoms with E-state index in [1.54, 1.807) is 12.1 Å². The van der Waals surface area contributed by atoms with Crippen molar-refractivity contribution in [1.29, 1.82) is 0 Å². The molecule has 0 bridgehead atoms. The molecule has 162 valence electrons. The monoisotopic (exact) mass is 484 g/mol. The second-order valence-electron chi connectivity index (χ2n) is 6.73. The van der Waals surface area contributed by atoms with Crippen LogP contribution in [-0.4, -0.2) is 35.4 Å². The van der Waals surface area contributed by atoms with E-state index in [9.17, 15) is 22.0 Å². The molecule has 1 aliphatic heterocycles. The molecule has 1 fully saturated rings. The van der Waals surface area contributed by atoms with E-state index in [0.29, 0.717) is 17.8 Å². The normalized spacial score (nSPS) is 17.1. The highest BCUT2D eigenvalue weighted by Crippen LogP contribution is 2.39. The summed E-state index contributed by atoms with van der Waals surface area (Å²) >= 11 is 7.03. The predicted molar refractivity (Wildman–Crippen MR) is 112 cm³/mol. The molecule has 1 aliphatic rings. The van der Waals surface area contributed by atoms with Gasteiger partial charge in [0.15, 0.2) is 11.6 Å². The third-order valence-corrected chi connectivity index (χ3v) is 8.16. The van der Waals surface area contributed by atoms with Gasteiger partial charge < -0.3 is 5.32 Å². The first-order valence-corrected chi connectivity index (χ1v) is 11.8. The van der Waals surface area contributed by atoms with Gasteiger partial charge in [0, 0.05) is 18.3 Å². The number of amides is 1. The van der Waals surface area contributed by atoms with E-state index in [1.165, 1.54) is 22.5 Å². The minimum absolute atomic E-state index is 0.00406. The van der Waals surface area contributed by atoms with Crippen molar-refractivity contribution in [3.8, 4) is 0 Å². The summed E-state index contributed by atoms with van der Waals surface area (Å²) in [5.41, 5.74) is 0.0597. The van der Waals surface area contributed by atoms with Gasteiger partial charge in [0.25, 0.3) is 5.91 Å². The number of hydrogen-bond donors (Lipinski definition) is 1. The molecule has 1 unspecified atom stereocenters. The maximum absolute atomic E-state index is 13.3. The van der Waals surface area contributed by atoms with Crippen molar-refractivity contribution in [2.24, 2.45) is 0 Å². The average molecular weight is 485 g/mol. The van der Waals surface area contributed by atoms with Gasteiger partial charge in [-0.25, -0.2) is 17.2 Å². The van der Waals surface area contributed by atoms with E-state index in [4.69, 9.17) is 11.6 Å². The van der Waals surface area contributed by atoms with Gasteiger partial charge in [0.05, 0.1) is 11.1 Å². The number of nitrogens with one attached hydrogen (secondary N) is 1. The van der Waals surface area contributed by atoms with E-state index < -0.39 is 33.6 Å². The molecule has 3 aromatic rings. The number of sulfonamides is 1. The van der Waals surface area contributed by atoms with Gasteiger partial charge in [0.1, 0.15) is 9.90 Å². The highest BCUT2D eigenvalue weighted by molar-refractivity contribution is 7.89. The first-order valence-electron chi connectivity index (χ1n) is 9.13. The maximum Gasteiger partial charge on any atom is 0.286 e. The lowest BCUT2D eigenvalue weighted by molar-refractivity contribution is 0.102. The molecule has 0 saturated carbocycles. The molecule has 2 heterocycles. The molecule has 0 radical (unpaired) electrons. The lowest BCUT2D eigenvalue weighted by atomic mass is 10.2. The largest absolute Gasteiger partial charge is 0.320 e. The molecular weight excluding hydrogens is 470 g/mol. The van der Waals surface area contributed by atoms with Gasteiger partial charge in [-0.05, 0) is 37.1 Å². The van der Waals surface area contributed by atoms with E-state index >= 15 is 0 Å². The molecule has 0 aliphatic carbocycles. The Kier molecular flexibility index (Phi) is 6.02. The fourth-order valence-corrected chi connectivity index (χ4v) is 6.38. The molecule has 1 atom stereocenters. The summed E-state index contributed by atoms with van der Waals surface area (Å²) in [4.78, 5) is 12.4. The van der Waals surface area contributed by atoms with Gasteiger partial charge >= 0.3 is 0 Å². The molecular formula is C19H15ClF2N4O3S2. The Morgan fingerprint density at radius 3 is 2.68 bits per heavy atom. The van der Waals surface area contributed by atoms with Crippen LogP contribution in [-0.2, 0) is 10.0 Å². The number of carbonyl (C=O) groups excluding carboxylic acids is 1. The number of hydrogen-bond acceptors (Lipinski definition) is 6. The smallest absolute Gasteiger partial charge is 0.286 e. The first-order chi connectivity index (χ1) is 14.8. The van der Waals surface area contributed by atoms with Crippen LogP contribution in [0.15, 0.2) is 47.4 Å². The van der Waals surface area contributed by atoms with Crippen LogP contribution in [0.25, 0.3) is 0 Å².